The van der Waals surface area contributed by atoms with E-state index in [4.69, 9.17) is 16.3 Å². The molecule has 0 saturated heterocycles. The molecule has 0 unspecified atom stereocenters. The number of halogens is 1. The Balaban J connectivity index is 2.09. The first-order valence-corrected chi connectivity index (χ1v) is 8.11. The number of hydrogen-bond acceptors (Lipinski definition) is 3. The van der Waals surface area contributed by atoms with Crippen molar-refractivity contribution >= 4 is 23.8 Å². The van der Waals surface area contributed by atoms with Crippen LogP contribution in [0.15, 0.2) is 36.4 Å². The van der Waals surface area contributed by atoms with E-state index in [9.17, 15) is 0 Å². The topological polar surface area (TPSA) is 25.4 Å². The zero-order chi connectivity index (χ0) is 16.7. The monoisotopic (exact) mass is 330 g/mol. The molecule has 0 aliphatic rings. The first kappa shape index (κ1) is 17.5. The third kappa shape index (κ3) is 6.05. The molecule has 0 amide bonds. The van der Waals surface area contributed by atoms with Crippen molar-refractivity contribution in [2.45, 2.75) is 13.3 Å². The third-order valence-corrected chi connectivity index (χ3v) is 3.55. The van der Waals surface area contributed by atoms with Crippen molar-refractivity contribution in [1.29, 1.82) is 0 Å². The Morgan fingerprint density at radius 3 is 2.74 bits per heavy atom. The Kier molecular flexibility index (Phi) is 6.63. The molecule has 0 radical (unpaired) electrons. The summed E-state index contributed by atoms with van der Waals surface area (Å²) in [5.41, 5.74) is 2.85. The van der Waals surface area contributed by atoms with Crippen LogP contribution in [0.1, 0.15) is 23.4 Å². The molecule has 2 aromatic rings. The minimum Gasteiger partial charge on any atom is -0.491 e. The van der Waals surface area contributed by atoms with Gasteiger partial charge in [-0.3, -0.25) is 0 Å². The number of pyridine rings is 1. The van der Waals surface area contributed by atoms with E-state index < -0.39 is 0 Å². The van der Waals surface area contributed by atoms with Crippen molar-refractivity contribution < 1.29 is 4.74 Å². The SMILES string of the molecule is Cc1ccc(OCCCN(C)C)c(/C=C/c2cccc(Cl)c2)n1. The van der Waals surface area contributed by atoms with Gasteiger partial charge in [0.1, 0.15) is 11.4 Å². The standard InChI is InChI=1S/C19H23ClN2O/c1-15-8-11-19(23-13-5-12-22(2)3)18(21-15)10-9-16-6-4-7-17(20)14-16/h4,6-11,14H,5,12-13H2,1-3H3/b10-9+. The lowest BCUT2D eigenvalue weighted by Gasteiger charge is -2.12. The van der Waals surface area contributed by atoms with E-state index in [1.807, 2.05) is 55.5 Å². The third-order valence-electron chi connectivity index (χ3n) is 3.31. The quantitative estimate of drug-likeness (QED) is 0.697. The molecule has 2 rings (SSSR count). The fourth-order valence-electron chi connectivity index (χ4n) is 2.15. The minimum atomic E-state index is 0.681. The molecule has 3 nitrogen and oxygen atoms in total. The molecule has 0 aliphatic heterocycles. The van der Waals surface area contributed by atoms with Crippen molar-refractivity contribution in [3.63, 3.8) is 0 Å². The van der Waals surface area contributed by atoms with E-state index in [1.54, 1.807) is 0 Å². The van der Waals surface area contributed by atoms with Crippen LogP contribution < -0.4 is 4.74 Å². The summed E-state index contributed by atoms with van der Waals surface area (Å²) in [6, 6.07) is 11.7. The molecule has 0 saturated carbocycles. The predicted molar refractivity (Wildman–Crippen MR) is 98.0 cm³/mol. The van der Waals surface area contributed by atoms with E-state index in [2.05, 4.69) is 24.0 Å². The Hall–Kier alpha value is -1.84. The molecule has 0 atom stereocenters. The highest BCUT2D eigenvalue weighted by molar-refractivity contribution is 6.30. The van der Waals surface area contributed by atoms with Crippen molar-refractivity contribution in [3.05, 3.63) is 58.4 Å². The summed E-state index contributed by atoms with van der Waals surface area (Å²) in [7, 11) is 4.12. The first-order valence-electron chi connectivity index (χ1n) is 7.73. The van der Waals surface area contributed by atoms with Crippen LogP contribution in [0, 0.1) is 6.92 Å². The molecule has 0 bridgehead atoms. The summed E-state index contributed by atoms with van der Waals surface area (Å²) in [6.45, 7) is 3.67. The molecule has 0 fully saturated rings. The van der Waals surface area contributed by atoms with Crippen LogP contribution in [0.2, 0.25) is 5.02 Å². The number of aryl methyl sites for hydroxylation is 1. The summed E-state index contributed by atoms with van der Waals surface area (Å²) >= 11 is 6.01. The molecule has 1 aromatic carbocycles. The maximum absolute atomic E-state index is 6.01. The smallest absolute Gasteiger partial charge is 0.144 e. The number of benzene rings is 1. The molecule has 0 aliphatic carbocycles. The van der Waals surface area contributed by atoms with Crippen molar-refractivity contribution in [2.24, 2.45) is 0 Å². The lowest BCUT2D eigenvalue weighted by molar-refractivity contribution is 0.280. The highest BCUT2D eigenvalue weighted by Crippen LogP contribution is 2.21. The number of nitrogens with zero attached hydrogens (tertiary/aromatic N) is 2. The van der Waals surface area contributed by atoms with Gasteiger partial charge in [-0.05, 0) is 63.3 Å². The summed E-state index contributed by atoms with van der Waals surface area (Å²) in [4.78, 5) is 6.72. The second kappa shape index (κ2) is 8.70. The van der Waals surface area contributed by atoms with E-state index in [-0.39, 0.29) is 0 Å². The van der Waals surface area contributed by atoms with Crippen LogP contribution in [0.4, 0.5) is 0 Å². The Labute approximate surface area is 143 Å². The largest absolute Gasteiger partial charge is 0.491 e. The van der Waals surface area contributed by atoms with Crippen LogP contribution in [0.5, 0.6) is 5.75 Å². The van der Waals surface area contributed by atoms with Crippen molar-refractivity contribution in [3.8, 4) is 5.75 Å². The molecule has 0 N–H and O–H groups in total. The van der Waals surface area contributed by atoms with Gasteiger partial charge in [0.15, 0.2) is 0 Å². The average Bonchev–Trinajstić information content (AvgIpc) is 2.51. The zero-order valence-corrected chi connectivity index (χ0v) is 14.7. The maximum Gasteiger partial charge on any atom is 0.144 e. The molecular formula is C19H23ClN2O. The second-order valence-corrected chi connectivity index (χ2v) is 6.17. The van der Waals surface area contributed by atoms with Crippen LogP contribution in [0.25, 0.3) is 12.2 Å². The molecule has 23 heavy (non-hydrogen) atoms. The van der Waals surface area contributed by atoms with E-state index >= 15 is 0 Å². The summed E-state index contributed by atoms with van der Waals surface area (Å²) in [5.74, 6) is 0.813. The van der Waals surface area contributed by atoms with Gasteiger partial charge in [-0.15, -0.1) is 0 Å². The van der Waals surface area contributed by atoms with E-state index in [1.165, 1.54) is 0 Å². The van der Waals surface area contributed by atoms with E-state index in [0.717, 1.165) is 40.7 Å². The molecule has 1 heterocycles. The van der Waals surface area contributed by atoms with Gasteiger partial charge in [-0.25, -0.2) is 4.98 Å². The summed E-state index contributed by atoms with van der Waals surface area (Å²) in [6.07, 6.45) is 4.96. The van der Waals surface area contributed by atoms with Gasteiger partial charge in [-0.2, -0.15) is 0 Å². The maximum atomic E-state index is 6.01. The van der Waals surface area contributed by atoms with Crippen LogP contribution in [-0.4, -0.2) is 37.1 Å². The number of ether oxygens (including phenoxy) is 1. The fourth-order valence-corrected chi connectivity index (χ4v) is 2.35. The Morgan fingerprint density at radius 1 is 1.17 bits per heavy atom. The van der Waals surface area contributed by atoms with Gasteiger partial charge in [0.05, 0.1) is 6.61 Å². The Morgan fingerprint density at radius 2 is 2.00 bits per heavy atom. The van der Waals surface area contributed by atoms with Crippen molar-refractivity contribution in [2.75, 3.05) is 27.2 Å². The highest BCUT2D eigenvalue weighted by Gasteiger charge is 2.03. The Bertz CT molecular complexity index is 668. The molecule has 122 valence electrons. The van der Waals surface area contributed by atoms with Gasteiger partial charge in [0.25, 0.3) is 0 Å². The average molecular weight is 331 g/mol. The lowest BCUT2D eigenvalue weighted by Crippen LogP contribution is -2.15. The lowest BCUT2D eigenvalue weighted by atomic mass is 10.2. The highest BCUT2D eigenvalue weighted by atomic mass is 35.5. The number of rotatable bonds is 7. The number of aromatic nitrogens is 1. The molecule has 4 heteroatoms. The van der Waals surface area contributed by atoms with Gasteiger partial charge in [0.2, 0.25) is 0 Å². The molecule has 1 aromatic heterocycles. The minimum absolute atomic E-state index is 0.681. The fraction of sp³-hybridized carbons (Fsp3) is 0.316. The first-order chi connectivity index (χ1) is 11.0. The predicted octanol–water partition coefficient (Wildman–Crippen LogP) is 4.54. The second-order valence-electron chi connectivity index (χ2n) is 5.73. The normalized spacial score (nSPS) is 11.3. The van der Waals surface area contributed by atoms with Gasteiger partial charge < -0.3 is 9.64 Å². The van der Waals surface area contributed by atoms with Crippen LogP contribution >= 0.6 is 11.6 Å². The number of hydrogen-bond donors (Lipinski definition) is 0. The molecular weight excluding hydrogens is 308 g/mol. The zero-order valence-electron chi connectivity index (χ0n) is 13.9. The van der Waals surface area contributed by atoms with Crippen molar-refractivity contribution in [1.82, 2.24) is 9.88 Å². The summed E-state index contributed by atoms with van der Waals surface area (Å²) in [5, 5.41) is 0.726. The van der Waals surface area contributed by atoms with Crippen LogP contribution in [-0.2, 0) is 0 Å². The van der Waals surface area contributed by atoms with Gasteiger partial charge in [0, 0.05) is 17.3 Å². The van der Waals surface area contributed by atoms with E-state index in [0.29, 0.717) is 6.61 Å². The van der Waals surface area contributed by atoms with Gasteiger partial charge in [-0.1, -0.05) is 29.8 Å². The van der Waals surface area contributed by atoms with Crippen LogP contribution in [0.3, 0.4) is 0 Å². The summed E-state index contributed by atoms with van der Waals surface area (Å²) < 4.78 is 5.89. The van der Waals surface area contributed by atoms with Gasteiger partial charge >= 0.3 is 0 Å². The molecule has 0 spiro atoms.